The molecule has 3 nitrogen and oxygen atoms in total. The van der Waals surface area contributed by atoms with Crippen molar-refractivity contribution in [2.75, 3.05) is 5.32 Å². The second kappa shape index (κ2) is 10.1. The molecule has 0 bridgehead atoms. The topological polar surface area (TPSA) is 40.8 Å². The van der Waals surface area contributed by atoms with E-state index in [4.69, 9.17) is 0 Å². The fourth-order valence-electron chi connectivity index (χ4n) is 5.31. The van der Waals surface area contributed by atoms with Gasteiger partial charge in [0.05, 0.1) is 16.8 Å². The molecule has 0 aliphatic carbocycles. The summed E-state index contributed by atoms with van der Waals surface area (Å²) < 4.78 is 2.31. The molecule has 1 heterocycles. The first-order chi connectivity index (χ1) is 18.8. The Morgan fingerprint density at radius 1 is 0.763 bits per heavy atom. The zero-order valence-corrected chi connectivity index (χ0v) is 21.2. The SMILES string of the molecule is C/C=C(Nc1ccccc1-c1ccccc1)\C(C#N)=C/Cn1c2ccccc2c2c3ccccc3ccc21. The minimum absolute atomic E-state index is 0.588. The first-order valence-electron chi connectivity index (χ1n) is 12.9. The number of rotatable bonds is 6. The van der Waals surface area contributed by atoms with E-state index in [9.17, 15) is 5.26 Å². The molecule has 0 saturated heterocycles. The lowest BCUT2D eigenvalue weighted by molar-refractivity contribution is 0.895. The summed E-state index contributed by atoms with van der Waals surface area (Å²) in [6, 6.07) is 42.4. The molecule has 0 spiro atoms. The normalized spacial score (nSPS) is 12.2. The minimum Gasteiger partial charge on any atom is -0.354 e. The number of fused-ring (bicyclic) bond motifs is 5. The molecule has 6 rings (SSSR count). The number of allylic oxidation sites excluding steroid dienone is 3. The molecule has 1 aromatic heterocycles. The molecule has 6 aromatic rings. The van der Waals surface area contributed by atoms with Gasteiger partial charge in [-0.3, -0.25) is 0 Å². The van der Waals surface area contributed by atoms with Crippen molar-refractivity contribution in [2.24, 2.45) is 0 Å². The zero-order valence-electron chi connectivity index (χ0n) is 21.2. The van der Waals surface area contributed by atoms with Gasteiger partial charge < -0.3 is 9.88 Å². The Kier molecular flexibility index (Phi) is 6.22. The van der Waals surface area contributed by atoms with Crippen molar-refractivity contribution in [1.82, 2.24) is 4.57 Å². The molecule has 0 saturated carbocycles. The van der Waals surface area contributed by atoms with Crippen molar-refractivity contribution in [2.45, 2.75) is 13.5 Å². The van der Waals surface area contributed by atoms with Crippen molar-refractivity contribution in [1.29, 1.82) is 5.26 Å². The van der Waals surface area contributed by atoms with E-state index in [1.54, 1.807) is 0 Å². The smallest absolute Gasteiger partial charge is 0.101 e. The summed E-state index contributed by atoms with van der Waals surface area (Å²) in [4.78, 5) is 0. The van der Waals surface area contributed by atoms with Crippen LogP contribution in [0.2, 0.25) is 0 Å². The van der Waals surface area contributed by atoms with E-state index in [1.165, 1.54) is 27.1 Å². The van der Waals surface area contributed by atoms with Gasteiger partial charge in [0.2, 0.25) is 0 Å². The monoisotopic (exact) mass is 489 g/mol. The summed E-state index contributed by atoms with van der Waals surface area (Å²) in [5, 5.41) is 18.7. The van der Waals surface area contributed by atoms with Crippen LogP contribution in [-0.4, -0.2) is 4.57 Å². The highest BCUT2D eigenvalue weighted by molar-refractivity contribution is 6.20. The fourth-order valence-corrected chi connectivity index (χ4v) is 5.31. The van der Waals surface area contributed by atoms with Crippen LogP contribution < -0.4 is 5.32 Å². The van der Waals surface area contributed by atoms with E-state index in [2.05, 4.69) is 101 Å². The van der Waals surface area contributed by atoms with E-state index >= 15 is 0 Å². The largest absolute Gasteiger partial charge is 0.354 e. The molecular formula is C35H27N3. The number of aromatic nitrogens is 1. The van der Waals surface area contributed by atoms with Gasteiger partial charge in [0, 0.05) is 34.1 Å². The minimum atomic E-state index is 0.588. The molecule has 0 fully saturated rings. The van der Waals surface area contributed by atoms with Gasteiger partial charge in [-0.25, -0.2) is 0 Å². The van der Waals surface area contributed by atoms with Gasteiger partial charge in [0.15, 0.2) is 0 Å². The van der Waals surface area contributed by atoms with Crippen molar-refractivity contribution in [3.8, 4) is 17.2 Å². The predicted octanol–water partition coefficient (Wildman–Crippen LogP) is 9.08. The van der Waals surface area contributed by atoms with Crippen LogP contribution in [0.1, 0.15) is 6.92 Å². The van der Waals surface area contributed by atoms with Gasteiger partial charge in [-0.1, -0.05) is 103 Å². The maximum Gasteiger partial charge on any atom is 0.101 e. The molecule has 1 N–H and O–H groups in total. The van der Waals surface area contributed by atoms with E-state index in [1.807, 2.05) is 49.4 Å². The van der Waals surface area contributed by atoms with E-state index in [-0.39, 0.29) is 0 Å². The van der Waals surface area contributed by atoms with Crippen molar-refractivity contribution in [3.05, 3.63) is 139 Å². The summed E-state index contributed by atoms with van der Waals surface area (Å²) >= 11 is 0. The molecule has 0 unspecified atom stereocenters. The quantitative estimate of drug-likeness (QED) is 0.187. The number of nitrogens with one attached hydrogen (secondary N) is 1. The average Bonchev–Trinajstić information content (AvgIpc) is 3.31. The summed E-state index contributed by atoms with van der Waals surface area (Å²) in [7, 11) is 0. The number of nitrogens with zero attached hydrogens (tertiary/aromatic N) is 2. The summed E-state index contributed by atoms with van der Waals surface area (Å²) in [5.74, 6) is 0. The van der Waals surface area contributed by atoms with Gasteiger partial charge in [-0.05, 0) is 47.5 Å². The maximum atomic E-state index is 10.2. The van der Waals surface area contributed by atoms with Crippen LogP contribution in [-0.2, 0) is 6.54 Å². The molecule has 0 aliphatic heterocycles. The molecule has 5 aromatic carbocycles. The Morgan fingerprint density at radius 3 is 2.29 bits per heavy atom. The third-order valence-corrected chi connectivity index (χ3v) is 7.12. The molecule has 0 amide bonds. The summed E-state index contributed by atoms with van der Waals surface area (Å²) in [6.07, 6.45) is 3.99. The van der Waals surface area contributed by atoms with Crippen LogP contribution >= 0.6 is 0 Å². The number of hydrogen-bond donors (Lipinski definition) is 1. The van der Waals surface area contributed by atoms with Gasteiger partial charge in [0.1, 0.15) is 6.07 Å². The van der Waals surface area contributed by atoms with Crippen molar-refractivity contribution < 1.29 is 0 Å². The lowest BCUT2D eigenvalue weighted by Gasteiger charge is -2.15. The van der Waals surface area contributed by atoms with Crippen LogP contribution in [0.25, 0.3) is 43.7 Å². The number of hydrogen-bond acceptors (Lipinski definition) is 2. The lowest BCUT2D eigenvalue weighted by atomic mass is 10.0. The molecule has 38 heavy (non-hydrogen) atoms. The van der Waals surface area contributed by atoms with Crippen LogP contribution in [0.5, 0.6) is 0 Å². The molecule has 0 atom stereocenters. The van der Waals surface area contributed by atoms with Crippen molar-refractivity contribution in [3.63, 3.8) is 0 Å². The van der Waals surface area contributed by atoms with Gasteiger partial charge in [-0.15, -0.1) is 0 Å². The molecule has 182 valence electrons. The molecule has 0 radical (unpaired) electrons. The summed E-state index contributed by atoms with van der Waals surface area (Å²) in [5.41, 5.74) is 6.94. The first kappa shape index (κ1) is 23.3. The van der Waals surface area contributed by atoms with Crippen LogP contribution in [0, 0.1) is 11.3 Å². The highest BCUT2D eigenvalue weighted by Gasteiger charge is 2.14. The second-order valence-electron chi connectivity index (χ2n) is 9.28. The first-order valence-corrected chi connectivity index (χ1v) is 12.9. The predicted molar refractivity (Wildman–Crippen MR) is 160 cm³/mol. The van der Waals surface area contributed by atoms with Gasteiger partial charge >= 0.3 is 0 Å². The van der Waals surface area contributed by atoms with E-state index < -0.39 is 0 Å². The van der Waals surface area contributed by atoms with Crippen LogP contribution in [0.15, 0.2) is 139 Å². The third kappa shape index (κ3) is 4.13. The van der Waals surface area contributed by atoms with Gasteiger partial charge in [0.25, 0.3) is 0 Å². The third-order valence-electron chi connectivity index (χ3n) is 7.12. The Hall–Kier alpha value is -5.07. The number of anilines is 1. The molecule has 3 heteroatoms. The van der Waals surface area contributed by atoms with Gasteiger partial charge in [-0.2, -0.15) is 5.26 Å². The number of benzene rings is 5. The standard InChI is InChI=1S/C35H27N3/c1-2-31(37-32-18-10-8-15-28(32)25-12-4-3-5-13-25)27(24-36)22-23-38-33-19-11-9-17-30(33)35-29-16-7-6-14-26(29)20-21-34(35)38/h2-22,37H,23H2,1H3/b27-22-,31-2+. The summed E-state index contributed by atoms with van der Waals surface area (Å²) in [6.45, 7) is 2.55. The van der Waals surface area contributed by atoms with E-state index in [0.717, 1.165) is 28.0 Å². The lowest BCUT2D eigenvalue weighted by Crippen LogP contribution is -2.05. The zero-order chi connectivity index (χ0) is 25.9. The Morgan fingerprint density at radius 2 is 1.47 bits per heavy atom. The highest BCUT2D eigenvalue weighted by Crippen LogP contribution is 2.35. The van der Waals surface area contributed by atoms with Crippen molar-refractivity contribution >= 4 is 38.3 Å². The average molecular weight is 490 g/mol. The Balaban J connectivity index is 1.40. The van der Waals surface area contributed by atoms with Crippen LogP contribution in [0.4, 0.5) is 5.69 Å². The maximum absolute atomic E-state index is 10.2. The molecular weight excluding hydrogens is 462 g/mol. The number of nitriles is 1. The highest BCUT2D eigenvalue weighted by atomic mass is 15.0. The Labute approximate surface area is 222 Å². The second-order valence-corrected chi connectivity index (χ2v) is 9.28. The molecule has 0 aliphatic rings. The van der Waals surface area contributed by atoms with E-state index in [0.29, 0.717) is 12.1 Å². The fraction of sp³-hybridized carbons (Fsp3) is 0.0571. The number of para-hydroxylation sites is 2. The van der Waals surface area contributed by atoms with Crippen LogP contribution in [0.3, 0.4) is 0 Å². The Bertz CT molecular complexity index is 1880.